The van der Waals surface area contributed by atoms with E-state index in [-0.39, 0.29) is 0 Å². The molecule has 50 heavy (non-hydrogen) atoms. The minimum absolute atomic E-state index is 1.21. The van der Waals surface area contributed by atoms with Gasteiger partial charge in [-0.1, -0.05) is 176 Å². The van der Waals surface area contributed by atoms with Crippen LogP contribution < -0.4 is 0 Å². The molecule has 10 aromatic carbocycles. The average Bonchev–Trinajstić information content (AvgIpc) is 3.19. The monoisotopic (exact) mass is 632 g/mol. The topological polar surface area (TPSA) is 0 Å². The molecule has 0 atom stereocenters. The van der Waals surface area contributed by atoms with E-state index in [1.165, 1.54) is 98.4 Å². The summed E-state index contributed by atoms with van der Waals surface area (Å²) in [4.78, 5) is 0. The second kappa shape index (κ2) is 11.6. The van der Waals surface area contributed by atoms with Crippen molar-refractivity contribution in [1.29, 1.82) is 0 Å². The molecule has 0 aromatic heterocycles. The maximum Gasteiger partial charge on any atom is -0.00199 e. The lowest BCUT2D eigenvalue weighted by molar-refractivity contribution is 1.59. The first kappa shape index (κ1) is 28.5. The van der Waals surface area contributed by atoms with Crippen LogP contribution in [-0.2, 0) is 0 Å². The molecule has 0 heteroatoms. The molecule has 10 rings (SSSR count). The molecule has 0 radical (unpaired) electrons. The van der Waals surface area contributed by atoms with E-state index in [9.17, 15) is 0 Å². The molecule has 0 bridgehead atoms. The van der Waals surface area contributed by atoms with E-state index in [1.54, 1.807) is 0 Å². The predicted octanol–water partition coefficient (Wildman–Crippen LogP) is 14.1. The van der Waals surface area contributed by atoms with Crippen molar-refractivity contribution in [1.82, 2.24) is 0 Å². The summed E-state index contributed by atoms with van der Waals surface area (Å²) in [6.07, 6.45) is 0. The fraction of sp³-hybridized carbons (Fsp3) is 0. The Balaban J connectivity index is 1.13. The Kier molecular flexibility index (Phi) is 6.60. The largest absolute Gasteiger partial charge is 0.0616 e. The van der Waals surface area contributed by atoms with Gasteiger partial charge in [-0.2, -0.15) is 0 Å². The van der Waals surface area contributed by atoms with Gasteiger partial charge >= 0.3 is 0 Å². The molecular weight excluding hydrogens is 601 g/mol. The molecule has 232 valence electrons. The third-order valence-corrected chi connectivity index (χ3v) is 10.4. The van der Waals surface area contributed by atoms with Crippen LogP contribution >= 0.6 is 0 Å². The van der Waals surface area contributed by atoms with Gasteiger partial charge in [-0.3, -0.25) is 0 Å². The number of rotatable bonds is 4. The van der Waals surface area contributed by atoms with Crippen molar-refractivity contribution in [3.05, 3.63) is 194 Å². The average molecular weight is 633 g/mol. The molecule has 0 amide bonds. The molecule has 0 nitrogen and oxygen atoms in total. The first-order valence-corrected chi connectivity index (χ1v) is 17.3. The van der Waals surface area contributed by atoms with Crippen LogP contribution in [-0.4, -0.2) is 0 Å². The molecule has 0 aliphatic heterocycles. The van der Waals surface area contributed by atoms with E-state index >= 15 is 0 Å². The van der Waals surface area contributed by atoms with Gasteiger partial charge in [0.2, 0.25) is 0 Å². The zero-order chi connectivity index (χ0) is 33.0. The highest BCUT2D eigenvalue weighted by Gasteiger charge is 2.19. The summed E-state index contributed by atoms with van der Waals surface area (Å²) in [5, 5.41) is 12.7. The Hall–Kier alpha value is -6.50. The molecule has 0 heterocycles. The molecule has 0 N–H and O–H groups in total. The summed E-state index contributed by atoms with van der Waals surface area (Å²) < 4.78 is 0. The molecule has 0 aliphatic rings. The molecular formula is C50H32. The lowest BCUT2D eigenvalue weighted by atomic mass is 9.83. The standard InChI is InChI=1S/C50H32/c1-2-13-36-31-39(29-26-33(36)12-1)38-16-11-15-37(30-38)34-24-27-35(28-25-34)49-44-20-7-9-22-46(44)50(47-23-10-8-21-45(47)49)48-32-40-14-3-4-17-41(40)42-18-5-6-19-43(42)48/h1-32H. The number of benzene rings is 10. The van der Waals surface area contributed by atoms with Crippen LogP contribution in [0.1, 0.15) is 0 Å². The van der Waals surface area contributed by atoms with Crippen molar-refractivity contribution in [3.63, 3.8) is 0 Å². The second-order valence-electron chi connectivity index (χ2n) is 13.3. The molecule has 0 aliphatic carbocycles. The third-order valence-electron chi connectivity index (χ3n) is 10.4. The number of fused-ring (bicyclic) bond motifs is 6. The summed E-state index contributed by atoms with van der Waals surface area (Å²) in [6, 6.07) is 71.3. The van der Waals surface area contributed by atoms with Crippen LogP contribution in [0.15, 0.2) is 194 Å². The summed E-state index contributed by atoms with van der Waals surface area (Å²) in [7, 11) is 0. The van der Waals surface area contributed by atoms with Gasteiger partial charge in [-0.25, -0.2) is 0 Å². The van der Waals surface area contributed by atoms with Gasteiger partial charge in [-0.15, -0.1) is 0 Å². The van der Waals surface area contributed by atoms with Gasteiger partial charge in [0, 0.05) is 0 Å². The van der Waals surface area contributed by atoms with E-state index in [1.807, 2.05) is 0 Å². The fourth-order valence-corrected chi connectivity index (χ4v) is 8.07. The van der Waals surface area contributed by atoms with Crippen molar-refractivity contribution in [3.8, 4) is 44.5 Å². The molecule has 0 spiro atoms. The number of hydrogen-bond acceptors (Lipinski definition) is 0. The lowest BCUT2D eigenvalue weighted by Gasteiger charge is -2.19. The summed E-state index contributed by atoms with van der Waals surface area (Å²) >= 11 is 0. The van der Waals surface area contributed by atoms with Gasteiger partial charge in [0.05, 0.1) is 0 Å². The van der Waals surface area contributed by atoms with Crippen LogP contribution in [0.3, 0.4) is 0 Å². The zero-order valence-electron chi connectivity index (χ0n) is 27.5. The third kappa shape index (κ3) is 4.61. The molecule has 0 fully saturated rings. The SMILES string of the molecule is c1cc(-c2ccc(-c3c4ccccc4c(-c4cc5ccccc5c5ccccc45)c4ccccc34)cc2)cc(-c2ccc3ccccc3c2)c1. The lowest BCUT2D eigenvalue weighted by Crippen LogP contribution is -1.92. The predicted molar refractivity (Wildman–Crippen MR) is 216 cm³/mol. The summed E-state index contributed by atoms with van der Waals surface area (Å²) in [5.74, 6) is 0. The minimum atomic E-state index is 1.21. The van der Waals surface area contributed by atoms with E-state index in [0.717, 1.165) is 0 Å². The van der Waals surface area contributed by atoms with Gasteiger partial charge < -0.3 is 0 Å². The Morgan fingerprint density at radius 2 is 0.660 bits per heavy atom. The van der Waals surface area contributed by atoms with Crippen molar-refractivity contribution >= 4 is 53.9 Å². The minimum Gasteiger partial charge on any atom is -0.0616 e. The summed E-state index contributed by atoms with van der Waals surface area (Å²) in [6.45, 7) is 0. The van der Waals surface area contributed by atoms with Crippen molar-refractivity contribution in [2.75, 3.05) is 0 Å². The quantitative estimate of drug-likeness (QED) is 0.134. The highest BCUT2D eigenvalue weighted by atomic mass is 14.2. The molecule has 0 saturated heterocycles. The van der Waals surface area contributed by atoms with Crippen LogP contribution in [0.4, 0.5) is 0 Å². The first-order valence-electron chi connectivity index (χ1n) is 17.3. The van der Waals surface area contributed by atoms with Gasteiger partial charge in [0.1, 0.15) is 0 Å². The van der Waals surface area contributed by atoms with Crippen LogP contribution in [0.25, 0.3) is 98.4 Å². The molecule has 0 unspecified atom stereocenters. The van der Waals surface area contributed by atoms with Crippen LogP contribution in [0.5, 0.6) is 0 Å². The van der Waals surface area contributed by atoms with E-state index in [4.69, 9.17) is 0 Å². The van der Waals surface area contributed by atoms with Crippen molar-refractivity contribution in [2.45, 2.75) is 0 Å². The van der Waals surface area contributed by atoms with Gasteiger partial charge in [0.15, 0.2) is 0 Å². The maximum absolute atomic E-state index is 2.40. The van der Waals surface area contributed by atoms with Crippen LogP contribution in [0.2, 0.25) is 0 Å². The number of hydrogen-bond donors (Lipinski definition) is 0. The molecule has 10 aromatic rings. The highest BCUT2D eigenvalue weighted by Crippen LogP contribution is 2.46. The maximum atomic E-state index is 2.40. The normalized spacial score (nSPS) is 11.6. The van der Waals surface area contributed by atoms with Crippen molar-refractivity contribution < 1.29 is 0 Å². The summed E-state index contributed by atoms with van der Waals surface area (Å²) in [5.41, 5.74) is 9.97. The second-order valence-corrected chi connectivity index (χ2v) is 13.3. The van der Waals surface area contributed by atoms with Gasteiger partial charge in [-0.05, 0) is 117 Å². The smallest absolute Gasteiger partial charge is 0.00199 e. The zero-order valence-corrected chi connectivity index (χ0v) is 27.5. The van der Waals surface area contributed by atoms with E-state index in [0.29, 0.717) is 0 Å². The van der Waals surface area contributed by atoms with Crippen LogP contribution in [0, 0.1) is 0 Å². The Morgan fingerprint density at radius 3 is 1.34 bits per heavy atom. The fourth-order valence-electron chi connectivity index (χ4n) is 8.07. The first-order chi connectivity index (χ1) is 24.8. The Morgan fingerprint density at radius 1 is 0.200 bits per heavy atom. The highest BCUT2D eigenvalue weighted by molar-refractivity contribution is 6.25. The van der Waals surface area contributed by atoms with Gasteiger partial charge in [0.25, 0.3) is 0 Å². The Labute approximate surface area is 291 Å². The Bertz CT molecular complexity index is 2850. The molecule has 0 saturated carbocycles. The van der Waals surface area contributed by atoms with E-state index in [2.05, 4.69) is 194 Å². The van der Waals surface area contributed by atoms with E-state index < -0.39 is 0 Å². The van der Waals surface area contributed by atoms with Crippen molar-refractivity contribution in [2.24, 2.45) is 0 Å².